The Morgan fingerprint density at radius 1 is 1.39 bits per heavy atom. The van der Waals surface area contributed by atoms with Crippen LogP contribution in [0.25, 0.3) is 0 Å². The highest BCUT2D eigenvalue weighted by Gasteiger charge is 2.33. The summed E-state index contributed by atoms with van der Waals surface area (Å²) in [6, 6.07) is 2.04. The minimum atomic E-state index is -0.200. The third kappa shape index (κ3) is 1.92. The number of hydrogen-bond donors (Lipinski definition) is 0. The molecule has 0 saturated heterocycles. The van der Waals surface area contributed by atoms with Crippen molar-refractivity contribution in [2.75, 3.05) is 6.61 Å². The zero-order valence-electron chi connectivity index (χ0n) is 11.0. The number of esters is 1. The van der Waals surface area contributed by atoms with Gasteiger partial charge in [-0.1, -0.05) is 6.92 Å². The van der Waals surface area contributed by atoms with Gasteiger partial charge in [-0.05, 0) is 50.2 Å². The summed E-state index contributed by atoms with van der Waals surface area (Å²) in [6.07, 6.45) is 4.51. The van der Waals surface area contributed by atoms with Crippen LogP contribution in [0.5, 0.6) is 0 Å². The normalized spacial score (nSPS) is 21.8. The summed E-state index contributed by atoms with van der Waals surface area (Å²) < 4.78 is 5.15. The Balaban J connectivity index is 2.04. The lowest BCUT2D eigenvalue weighted by Gasteiger charge is -2.11. The van der Waals surface area contributed by atoms with E-state index in [9.17, 15) is 4.79 Å². The van der Waals surface area contributed by atoms with Gasteiger partial charge >= 0.3 is 5.97 Å². The monoisotopic (exact) mass is 245 g/mol. The fourth-order valence-corrected chi connectivity index (χ4v) is 2.76. The number of nitrogens with zero attached hydrogens (tertiary/aromatic N) is 1. The molecule has 0 N–H and O–H groups in total. The van der Waals surface area contributed by atoms with Gasteiger partial charge in [-0.2, -0.15) is 0 Å². The maximum absolute atomic E-state index is 12.0. The first-order valence-electron chi connectivity index (χ1n) is 6.91. The molecule has 96 valence electrons. The molecule has 0 spiro atoms. The van der Waals surface area contributed by atoms with Gasteiger partial charge in [0.25, 0.3) is 0 Å². The number of aryl methyl sites for hydroxylation is 1. The molecule has 1 fully saturated rings. The van der Waals surface area contributed by atoms with Crippen LogP contribution in [0.3, 0.4) is 0 Å². The molecular weight excluding hydrogens is 226 g/mol. The van der Waals surface area contributed by atoms with E-state index in [4.69, 9.17) is 9.72 Å². The Bertz CT molecular complexity index is 492. The van der Waals surface area contributed by atoms with Crippen molar-refractivity contribution in [2.24, 2.45) is 0 Å². The van der Waals surface area contributed by atoms with E-state index in [0.29, 0.717) is 24.0 Å². The highest BCUT2D eigenvalue weighted by Crippen LogP contribution is 2.43. The molecule has 0 bridgehead atoms. The van der Waals surface area contributed by atoms with Gasteiger partial charge in [0.2, 0.25) is 0 Å². The van der Waals surface area contributed by atoms with Crippen LogP contribution in [0, 0.1) is 0 Å². The van der Waals surface area contributed by atoms with Crippen LogP contribution in [0.15, 0.2) is 6.07 Å². The Morgan fingerprint density at radius 3 is 2.83 bits per heavy atom. The standard InChI is InChI=1S/C15H19NO2/c1-3-18-15(17)12-8-11-5-4-9(2)13(11)16-14(12)10-6-7-10/h8-10H,3-7H2,1-2H3. The lowest BCUT2D eigenvalue weighted by atomic mass is 10.0. The SMILES string of the molecule is CCOC(=O)c1cc2c(nc1C1CC1)C(C)CC2. The maximum Gasteiger partial charge on any atom is 0.339 e. The van der Waals surface area contributed by atoms with Crippen LogP contribution < -0.4 is 0 Å². The smallest absolute Gasteiger partial charge is 0.339 e. The second kappa shape index (κ2) is 4.38. The molecule has 18 heavy (non-hydrogen) atoms. The molecular formula is C15H19NO2. The van der Waals surface area contributed by atoms with Gasteiger partial charge in [-0.15, -0.1) is 0 Å². The van der Waals surface area contributed by atoms with E-state index in [-0.39, 0.29) is 5.97 Å². The summed E-state index contributed by atoms with van der Waals surface area (Å²) in [5, 5.41) is 0. The van der Waals surface area contributed by atoms with E-state index in [1.54, 1.807) is 0 Å². The van der Waals surface area contributed by atoms with Crippen molar-refractivity contribution >= 4 is 5.97 Å². The van der Waals surface area contributed by atoms with Crippen LogP contribution in [0.4, 0.5) is 0 Å². The first-order chi connectivity index (χ1) is 8.70. The van der Waals surface area contributed by atoms with Gasteiger partial charge in [0.15, 0.2) is 0 Å². The topological polar surface area (TPSA) is 39.2 Å². The highest BCUT2D eigenvalue weighted by molar-refractivity contribution is 5.91. The van der Waals surface area contributed by atoms with E-state index < -0.39 is 0 Å². The van der Waals surface area contributed by atoms with Gasteiger partial charge in [0.1, 0.15) is 0 Å². The van der Waals surface area contributed by atoms with Gasteiger partial charge in [-0.25, -0.2) is 4.79 Å². The molecule has 1 heterocycles. The largest absolute Gasteiger partial charge is 0.462 e. The van der Waals surface area contributed by atoms with Crippen LogP contribution >= 0.6 is 0 Å². The summed E-state index contributed by atoms with van der Waals surface area (Å²) in [4.78, 5) is 16.8. The van der Waals surface area contributed by atoms with Gasteiger partial charge in [0, 0.05) is 11.6 Å². The molecule has 0 radical (unpaired) electrons. The quantitative estimate of drug-likeness (QED) is 0.768. The number of carbonyl (C=O) groups is 1. The van der Waals surface area contributed by atoms with Crippen molar-refractivity contribution in [2.45, 2.75) is 51.4 Å². The molecule has 2 aliphatic rings. The fourth-order valence-electron chi connectivity index (χ4n) is 2.76. The second-order valence-corrected chi connectivity index (χ2v) is 5.40. The van der Waals surface area contributed by atoms with Crippen molar-refractivity contribution in [3.05, 3.63) is 28.6 Å². The molecule has 1 aromatic heterocycles. The van der Waals surface area contributed by atoms with Crippen LogP contribution in [0.1, 0.15) is 72.3 Å². The molecule has 1 unspecified atom stereocenters. The summed E-state index contributed by atoms with van der Waals surface area (Å²) in [6.45, 7) is 4.49. The number of hydrogen-bond acceptors (Lipinski definition) is 3. The molecule has 3 nitrogen and oxygen atoms in total. The average Bonchev–Trinajstić information content (AvgIpc) is 3.14. The first kappa shape index (κ1) is 11.7. The predicted molar refractivity (Wildman–Crippen MR) is 68.9 cm³/mol. The number of fused-ring (bicyclic) bond motifs is 1. The van der Waals surface area contributed by atoms with Gasteiger partial charge in [-0.3, -0.25) is 4.98 Å². The number of aromatic nitrogens is 1. The maximum atomic E-state index is 12.0. The van der Waals surface area contributed by atoms with E-state index in [2.05, 4.69) is 6.92 Å². The molecule has 1 aromatic rings. The molecule has 1 atom stereocenters. The summed E-state index contributed by atoms with van der Waals surface area (Å²) in [7, 11) is 0. The third-order valence-corrected chi connectivity index (χ3v) is 3.94. The van der Waals surface area contributed by atoms with E-state index >= 15 is 0 Å². The van der Waals surface area contributed by atoms with Crippen LogP contribution in [-0.4, -0.2) is 17.6 Å². The molecule has 3 heteroatoms. The Labute approximate surface area is 108 Å². The summed E-state index contributed by atoms with van der Waals surface area (Å²) >= 11 is 0. The highest BCUT2D eigenvalue weighted by atomic mass is 16.5. The van der Waals surface area contributed by atoms with Crippen LogP contribution in [-0.2, 0) is 11.2 Å². The third-order valence-electron chi connectivity index (χ3n) is 3.94. The number of rotatable bonds is 3. The summed E-state index contributed by atoms with van der Waals surface area (Å²) in [5.74, 6) is 0.825. The van der Waals surface area contributed by atoms with Gasteiger partial charge < -0.3 is 4.74 Å². The lowest BCUT2D eigenvalue weighted by molar-refractivity contribution is 0.0524. The van der Waals surface area contributed by atoms with Crippen molar-refractivity contribution in [1.29, 1.82) is 0 Å². The van der Waals surface area contributed by atoms with Gasteiger partial charge in [0.05, 0.1) is 17.9 Å². The zero-order valence-corrected chi connectivity index (χ0v) is 11.0. The number of ether oxygens (including phenoxy) is 1. The fraction of sp³-hybridized carbons (Fsp3) is 0.600. The Hall–Kier alpha value is -1.38. The molecule has 0 amide bonds. The Morgan fingerprint density at radius 2 is 2.17 bits per heavy atom. The van der Waals surface area contributed by atoms with Crippen molar-refractivity contribution in [3.8, 4) is 0 Å². The average molecular weight is 245 g/mol. The molecule has 0 aromatic carbocycles. The van der Waals surface area contributed by atoms with E-state index in [0.717, 1.165) is 31.4 Å². The van der Waals surface area contributed by atoms with Crippen molar-refractivity contribution < 1.29 is 9.53 Å². The van der Waals surface area contributed by atoms with Crippen LogP contribution in [0.2, 0.25) is 0 Å². The second-order valence-electron chi connectivity index (χ2n) is 5.40. The Kier molecular flexibility index (Phi) is 2.84. The molecule has 1 saturated carbocycles. The molecule has 2 aliphatic carbocycles. The molecule has 3 rings (SSSR count). The minimum Gasteiger partial charge on any atom is -0.462 e. The van der Waals surface area contributed by atoms with Crippen molar-refractivity contribution in [1.82, 2.24) is 4.98 Å². The van der Waals surface area contributed by atoms with E-state index in [1.165, 1.54) is 11.3 Å². The number of carbonyl (C=O) groups excluding carboxylic acids is 1. The predicted octanol–water partition coefficient (Wildman–Crippen LogP) is 3.19. The molecule has 0 aliphatic heterocycles. The van der Waals surface area contributed by atoms with Crippen molar-refractivity contribution in [3.63, 3.8) is 0 Å². The first-order valence-corrected chi connectivity index (χ1v) is 6.91. The summed E-state index contributed by atoms with van der Waals surface area (Å²) in [5.41, 5.74) is 4.16. The van der Waals surface area contributed by atoms with E-state index in [1.807, 2.05) is 13.0 Å². The number of pyridine rings is 1. The lowest BCUT2D eigenvalue weighted by Crippen LogP contribution is -2.11. The zero-order chi connectivity index (χ0) is 12.7. The minimum absolute atomic E-state index is 0.200.